The van der Waals surface area contributed by atoms with Crippen molar-refractivity contribution < 1.29 is 99.6 Å². The van der Waals surface area contributed by atoms with Crippen LogP contribution >= 0.6 is 23.2 Å². The lowest BCUT2D eigenvalue weighted by Gasteiger charge is -2.42. The lowest BCUT2D eigenvalue weighted by Crippen LogP contribution is -2.57. The molecule has 0 aliphatic carbocycles. The van der Waals surface area contributed by atoms with E-state index >= 15 is 28.8 Å². The molecule has 0 radical (unpaired) electrons. The van der Waals surface area contributed by atoms with Crippen LogP contribution in [0.2, 0.25) is 28.2 Å². The molecule has 0 spiro atoms. The van der Waals surface area contributed by atoms with Crippen molar-refractivity contribution >= 4 is 73.1 Å². The van der Waals surface area contributed by atoms with E-state index in [1.54, 1.807) is 69.3 Å². The molecule has 6 aliphatic heterocycles. The molecular weight excluding hydrogens is 1480 g/mol. The third-order valence-corrected chi connectivity index (χ3v) is 24.3. The van der Waals surface area contributed by atoms with Gasteiger partial charge in [-0.2, -0.15) is 0 Å². The minimum atomic E-state index is -3.09. The van der Waals surface area contributed by atoms with Gasteiger partial charge in [0.1, 0.15) is 88.9 Å². The fraction of sp³-hybridized carbons (Fsp3) is 0.380. The molecule has 7 aromatic rings. The number of rotatable bonds is 16. The zero-order valence-corrected chi connectivity index (χ0v) is 66.0. The van der Waals surface area contributed by atoms with Gasteiger partial charge in [0.15, 0.2) is 31.3 Å². The van der Waals surface area contributed by atoms with Gasteiger partial charge in [-0.15, -0.1) is 0 Å². The second-order valence-electron chi connectivity index (χ2n) is 28.8. The molecule has 6 aliphatic rings. The van der Waals surface area contributed by atoms with Crippen molar-refractivity contribution in [3.63, 3.8) is 0 Å². The van der Waals surface area contributed by atoms with E-state index in [0.717, 1.165) is 0 Å². The van der Waals surface area contributed by atoms with Gasteiger partial charge in [-0.3, -0.25) is 28.8 Å². The van der Waals surface area contributed by atoms with Gasteiger partial charge >= 0.3 is 6.09 Å². The summed E-state index contributed by atoms with van der Waals surface area (Å²) in [4.78, 5) is 110. The van der Waals surface area contributed by atoms with Crippen LogP contribution in [0.1, 0.15) is 117 Å². The van der Waals surface area contributed by atoms with Crippen molar-refractivity contribution in [1.82, 2.24) is 37.2 Å². The molecule has 28 nitrogen and oxygen atoms in total. The predicted molar refractivity (Wildman–Crippen MR) is 407 cm³/mol. The molecule has 0 saturated carbocycles. The largest absolute Gasteiger partial charge is 0.497 e. The smallest absolute Gasteiger partial charge is 0.408 e. The first-order valence-corrected chi connectivity index (χ1v) is 38.8. The van der Waals surface area contributed by atoms with Crippen molar-refractivity contribution in [2.45, 2.75) is 120 Å². The van der Waals surface area contributed by atoms with Crippen LogP contribution in [0.5, 0.6) is 69.0 Å². The molecule has 8 atom stereocenters. The number of benzene rings is 7. The summed E-state index contributed by atoms with van der Waals surface area (Å²) in [5.41, 5.74) is 0.788. The molecular formula is C79H89Cl2N7O21Si. The van der Waals surface area contributed by atoms with Crippen molar-refractivity contribution in [3.8, 4) is 80.1 Å². The minimum absolute atomic E-state index is 0.0000375. The van der Waals surface area contributed by atoms with E-state index < -0.39 is 109 Å². The van der Waals surface area contributed by atoms with Crippen molar-refractivity contribution in [2.75, 3.05) is 76.4 Å². The molecule has 0 saturated heterocycles. The molecule has 0 unspecified atom stereocenters. The molecule has 6 heterocycles. The lowest BCUT2D eigenvalue weighted by molar-refractivity contribution is -0.136. The maximum Gasteiger partial charge on any atom is 0.408 e. The highest BCUT2D eigenvalue weighted by Gasteiger charge is 2.46. The van der Waals surface area contributed by atoms with Gasteiger partial charge in [0, 0.05) is 36.8 Å². The average molecular weight is 1570 g/mol. The summed E-state index contributed by atoms with van der Waals surface area (Å²) in [6.45, 7) is 14.9. The number of hydrogen-bond acceptors (Lipinski definition) is 21. The summed E-state index contributed by atoms with van der Waals surface area (Å²) in [7, 11) is 6.90. The SMILES string of the molecule is COCCOCOC[C@H]1NC(=O)[C@H]2NC(=O)[C@H](NC(=O)[C@@H]3NC(=O)[C@H]4NC(=O)[C@@H](Cc5ccc(c(Cl)c5)Oc5cc3cc(c5OC)Oc3ccc(cc3Cl)[C@H]2O[Si](C)(C)C(C)(C)C)NC(=O)[C@H](NC(=O)OC(C)(C)C)c2ccc(OC)c(c2)Oc2cc(OC)cc4c2)c2ccc(OC)c(c2)-c2c(OC)cc(OC)cc21. The molecule has 7 amide bonds. The van der Waals surface area contributed by atoms with Gasteiger partial charge in [-0.05, 0) is 157 Å². The number of ether oxygens (including phenoxy) is 13. The molecule has 31 heteroatoms. The van der Waals surface area contributed by atoms with E-state index in [0.29, 0.717) is 33.6 Å². The number of amides is 7. The highest BCUT2D eigenvalue weighted by molar-refractivity contribution is 6.74. The number of alkyl carbamates (subject to hydrolysis) is 1. The molecule has 110 heavy (non-hydrogen) atoms. The number of hydrogen-bond donors (Lipinski definition) is 7. The Morgan fingerprint density at radius 2 is 1.11 bits per heavy atom. The third kappa shape index (κ3) is 18.0. The van der Waals surface area contributed by atoms with Gasteiger partial charge in [0.25, 0.3) is 0 Å². The van der Waals surface area contributed by atoms with Gasteiger partial charge in [0.2, 0.25) is 41.2 Å². The van der Waals surface area contributed by atoms with Gasteiger partial charge in [0.05, 0.1) is 84.7 Å². The monoisotopic (exact) mass is 1570 g/mol. The van der Waals surface area contributed by atoms with E-state index in [4.69, 9.17) is 89.2 Å². The fourth-order valence-corrected chi connectivity index (χ4v) is 14.4. The minimum Gasteiger partial charge on any atom is -0.497 e. The number of fused-ring (bicyclic) bond motifs is 14. The summed E-state index contributed by atoms with van der Waals surface area (Å²) in [6, 6.07) is 17.3. The summed E-state index contributed by atoms with van der Waals surface area (Å²) in [5, 5.41) is 19.8. The first-order chi connectivity index (χ1) is 52.3. The summed E-state index contributed by atoms with van der Waals surface area (Å²) in [5.74, 6) is -5.19. The quantitative estimate of drug-likeness (QED) is 0.0268. The van der Waals surface area contributed by atoms with Gasteiger partial charge < -0.3 is 103 Å². The van der Waals surface area contributed by atoms with E-state index in [1.807, 2.05) is 33.9 Å². The maximum absolute atomic E-state index is 16.7. The van der Waals surface area contributed by atoms with Crippen LogP contribution < -0.4 is 79.8 Å². The Kier molecular flexibility index (Phi) is 24.7. The second-order valence-corrected chi connectivity index (χ2v) is 34.4. The van der Waals surface area contributed by atoms with Crippen LogP contribution in [-0.2, 0) is 58.6 Å². The number of carbonyl (C=O) groups excluding carboxylic acids is 7. The molecule has 13 rings (SSSR count). The maximum atomic E-state index is 16.7. The van der Waals surface area contributed by atoms with Gasteiger partial charge in [-0.1, -0.05) is 68.2 Å². The topological polar surface area (TPSA) is 333 Å². The van der Waals surface area contributed by atoms with Crippen LogP contribution in [0.4, 0.5) is 4.79 Å². The number of carbonyl (C=O) groups is 7. The van der Waals surface area contributed by atoms with E-state index in [1.165, 1.54) is 116 Å². The number of halogens is 2. The Bertz CT molecular complexity index is 4680. The number of nitrogens with one attached hydrogen (secondary N) is 7. The Hall–Kier alpha value is -10.5. The van der Waals surface area contributed by atoms with Crippen molar-refractivity contribution in [1.29, 1.82) is 0 Å². The van der Waals surface area contributed by atoms with Crippen LogP contribution in [0.15, 0.2) is 115 Å². The molecule has 0 fully saturated rings. The zero-order valence-electron chi connectivity index (χ0n) is 63.5. The predicted octanol–water partition coefficient (Wildman–Crippen LogP) is 12.0. The van der Waals surface area contributed by atoms with E-state index in [2.05, 4.69) is 37.2 Å². The molecule has 0 aromatic heterocycles. The fourth-order valence-electron chi connectivity index (χ4n) is 12.7. The molecule has 17 bridgehead atoms. The zero-order chi connectivity index (χ0) is 79.3. The third-order valence-electron chi connectivity index (χ3n) is 19.2. The van der Waals surface area contributed by atoms with Gasteiger partial charge in [-0.25, -0.2) is 4.79 Å². The van der Waals surface area contributed by atoms with Crippen molar-refractivity contribution in [3.05, 3.63) is 164 Å². The second kappa shape index (κ2) is 33.8. The molecule has 584 valence electrons. The van der Waals surface area contributed by atoms with E-state index in [-0.39, 0.29) is 129 Å². The Morgan fingerprint density at radius 1 is 0.518 bits per heavy atom. The van der Waals surface area contributed by atoms with Crippen LogP contribution in [0.3, 0.4) is 0 Å². The molecule has 7 N–H and O–H groups in total. The highest BCUT2D eigenvalue weighted by atomic mass is 35.5. The van der Waals surface area contributed by atoms with Crippen molar-refractivity contribution in [2.24, 2.45) is 0 Å². The summed E-state index contributed by atoms with van der Waals surface area (Å²) >= 11 is 14.7. The first kappa shape index (κ1) is 80.5. The first-order valence-electron chi connectivity index (χ1n) is 35.1. The Labute approximate surface area is 647 Å². The summed E-state index contributed by atoms with van der Waals surface area (Å²) in [6.07, 6.45) is -2.69. The highest BCUT2D eigenvalue weighted by Crippen LogP contribution is 2.50. The normalized spacial score (nSPS) is 20.0. The number of methoxy groups -OCH3 is 7. The van der Waals surface area contributed by atoms with E-state index in [9.17, 15) is 4.79 Å². The van der Waals surface area contributed by atoms with Crippen LogP contribution in [0.25, 0.3) is 11.1 Å². The molecule has 7 aromatic carbocycles. The van der Waals surface area contributed by atoms with Crippen LogP contribution in [0, 0.1) is 0 Å². The Balaban J connectivity index is 1.17. The average Bonchev–Trinajstić information content (AvgIpc) is 0.763. The summed E-state index contributed by atoms with van der Waals surface area (Å²) < 4.78 is 86.2. The Morgan fingerprint density at radius 3 is 1.73 bits per heavy atom. The van der Waals surface area contributed by atoms with Crippen LogP contribution in [-0.4, -0.2) is 144 Å². The standard InChI is InChI=1S/C79H89Cl2N7O21Si/c1-78(2,3)108-77(95)88-65-42-18-23-58(100-11)59(32-42)105-48-29-44(28-46(35-48)97-8)66-74(92)86-67-45-33-61(106-56-20-16-40(26-51(56)80)27-53(71(89)84-66)82-72(65)90)70(102-13)62(34-45)107-57-22-19-43(31-52(57)81)69(109-110(14,15)79(4,5)6)68-76(94)83-54(38-104-39-103-25-24-96-7)49-36-47(98-9)37-60(101-12)63(49)50-30-41(17-21-55(50)99-10)64(73(91)87-68)85-75(67)93/h16-23,26,28-37,53-54,64-69H,24-25,27,38-39H2,1-15H3,(H,82,90)(H,83,94)(H,84,89)(H,85,93)(H,86,92)(H,87,91)(H,88,95)/t53-,54-,64-,65-,66+,67-,68+,69-/m1/s1. The lowest BCUT2D eigenvalue weighted by atomic mass is 9.89.